The average Bonchev–Trinajstić information content (AvgIpc) is 3.89. The van der Waals surface area contributed by atoms with Gasteiger partial charge in [0.05, 0.1) is 11.0 Å². The van der Waals surface area contributed by atoms with Crippen molar-refractivity contribution in [3.05, 3.63) is 200 Å². The summed E-state index contributed by atoms with van der Waals surface area (Å²) < 4.78 is 8.87. The average molecular weight is 744 g/mol. The summed E-state index contributed by atoms with van der Waals surface area (Å²) in [5.41, 5.74) is 12.4. The van der Waals surface area contributed by atoms with Crippen LogP contribution in [0.1, 0.15) is 0 Å². The van der Waals surface area contributed by atoms with Crippen LogP contribution in [-0.4, -0.2) is 24.5 Å². The van der Waals surface area contributed by atoms with Crippen LogP contribution in [0.2, 0.25) is 0 Å². The van der Waals surface area contributed by atoms with Gasteiger partial charge in [0.25, 0.3) is 0 Å². The van der Waals surface area contributed by atoms with E-state index in [4.69, 9.17) is 24.4 Å². The molecule has 11 aromatic rings. The van der Waals surface area contributed by atoms with Crippen LogP contribution in [0.15, 0.2) is 205 Å². The Bertz CT molecular complexity index is 3210. The third-order valence-electron chi connectivity index (χ3n) is 10.7. The summed E-state index contributed by atoms with van der Waals surface area (Å²) in [6.45, 7) is 0. The molecule has 0 aliphatic rings. The zero-order valence-electron chi connectivity index (χ0n) is 31.2. The van der Waals surface area contributed by atoms with E-state index in [0.29, 0.717) is 17.5 Å². The van der Waals surface area contributed by atoms with Gasteiger partial charge in [-0.3, -0.25) is 4.57 Å². The zero-order valence-corrected chi connectivity index (χ0v) is 31.2. The minimum Gasteiger partial charge on any atom is -0.456 e. The van der Waals surface area contributed by atoms with Crippen molar-refractivity contribution in [3.63, 3.8) is 0 Å². The van der Waals surface area contributed by atoms with Crippen LogP contribution in [0.3, 0.4) is 0 Å². The molecule has 0 atom stereocenters. The second kappa shape index (κ2) is 14.0. The summed E-state index contributed by atoms with van der Waals surface area (Å²) in [4.78, 5) is 21.0. The lowest BCUT2D eigenvalue weighted by Crippen LogP contribution is -2.01. The quantitative estimate of drug-likeness (QED) is 0.163. The Balaban J connectivity index is 1.18. The summed E-state index contributed by atoms with van der Waals surface area (Å²) in [6, 6.07) is 68.5. The number of para-hydroxylation sites is 3. The third-order valence-corrected chi connectivity index (χ3v) is 10.7. The molecule has 58 heavy (non-hydrogen) atoms. The number of nitrogens with zero attached hydrogens (tertiary/aromatic N) is 5. The third kappa shape index (κ3) is 5.83. The summed E-state index contributed by atoms with van der Waals surface area (Å²) in [7, 11) is 0. The Kier molecular flexibility index (Phi) is 8.04. The predicted octanol–water partition coefficient (Wildman–Crippen LogP) is 13.1. The highest BCUT2D eigenvalue weighted by molar-refractivity contribution is 6.17. The largest absolute Gasteiger partial charge is 0.456 e. The molecule has 0 fully saturated rings. The van der Waals surface area contributed by atoms with Gasteiger partial charge in [-0.15, -0.1) is 0 Å². The van der Waals surface area contributed by atoms with Crippen molar-refractivity contribution < 1.29 is 4.42 Å². The van der Waals surface area contributed by atoms with E-state index in [1.54, 1.807) is 0 Å². The molecule has 11 rings (SSSR count). The molecule has 0 unspecified atom stereocenters. The fraction of sp³-hybridized carbons (Fsp3) is 0. The number of hydrogen-bond donors (Lipinski definition) is 0. The molecule has 0 saturated heterocycles. The second-order valence-corrected chi connectivity index (χ2v) is 14.3. The van der Waals surface area contributed by atoms with Gasteiger partial charge in [0.1, 0.15) is 17.0 Å². The molecule has 0 amide bonds. The molecule has 8 aromatic carbocycles. The minimum absolute atomic E-state index is 0.551. The fourth-order valence-corrected chi connectivity index (χ4v) is 7.98. The van der Waals surface area contributed by atoms with E-state index in [-0.39, 0.29) is 0 Å². The van der Waals surface area contributed by atoms with E-state index in [2.05, 4.69) is 126 Å². The number of fused-ring (bicyclic) bond motifs is 4. The summed E-state index contributed by atoms with van der Waals surface area (Å²) in [6.07, 6.45) is 0. The Morgan fingerprint density at radius 2 is 0.828 bits per heavy atom. The SMILES string of the molecule is c1ccc(-c2cc(-c3ccccc3)cc(-c3nc(-c4ccccc4)nc(-c4cccc5oc6cccc(-c7nc8ccccc8n7-c7ccccc7)c6c45)n3)c2)cc1. The molecule has 0 aliphatic heterocycles. The van der Waals surface area contributed by atoms with Crippen LogP contribution >= 0.6 is 0 Å². The molecular formula is C52H33N5O. The van der Waals surface area contributed by atoms with Gasteiger partial charge in [-0.2, -0.15) is 0 Å². The monoisotopic (exact) mass is 743 g/mol. The van der Waals surface area contributed by atoms with Crippen molar-refractivity contribution >= 4 is 33.0 Å². The molecular weight excluding hydrogens is 711 g/mol. The molecule has 272 valence electrons. The molecule has 6 nitrogen and oxygen atoms in total. The van der Waals surface area contributed by atoms with Crippen LogP contribution in [0.5, 0.6) is 0 Å². The Hall–Kier alpha value is -7.96. The maximum atomic E-state index is 6.65. The van der Waals surface area contributed by atoms with Crippen LogP contribution < -0.4 is 0 Å². The van der Waals surface area contributed by atoms with Crippen molar-refractivity contribution in [1.82, 2.24) is 24.5 Å². The number of furan rings is 1. The lowest BCUT2D eigenvalue weighted by Gasteiger charge is -2.13. The molecule has 3 aromatic heterocycles. The highest BCUT2D eigenvalue weighted by Crippen LogP contribution is 2.42. The van der Waals surface area contributed by atoms with Crippen LogP contribution in [0.4, 0.5) is 0 Å². The van der Waals surface area contributed by atoms with Gasteiger partial charge in [0.2, 0.25) is 0 Å². The van der Waals surface area contributed by atoms with Crippen LogP contribution in [0, 0.1) is 0 Å². The molecule has 0 radical (unpaired) electrons. The van der Waals surface area contributed by atoms with E-state index in [9.17, 15) is 0 Å². The van der Waals surface area contributed by atoms with Crippen molar-refractivity contribution in [2.75, 3.05) is 0 Å². The molecule has 6 heteroatoms. The fourth-order valence-electron chi connectivity index (χ4n) is 7.98. The van der Waals surface area contributed by atoms with Gasteiger partial charge in [0.15, 0.2) is 17.5 Å². The number of benzene rings is 8. The molecule has 0 N–H and O–H groups in total. The first-order chi connectivity index (χ1) is 28.7. The first-order valence-electron chi connectivity index (χ1n) is 19.3. The Morgan fingerprint density at radius 3 is 1.47 bits per heavy atom. The van der Waals surface area contributed by atoms with Gasteiger partial charge in [-0.1, -0.05) is 146 Å². The van der Waals surface area contributed by atoms with E-state index in [1.165, 1.54) is 0 Å². The van der Waals surface area contributed by atoms with Crippen molar-refractivity contribution in [2.45, 2.75) is 0 Å². The summed E-state index contributed by atoms with van der Waals surface area (Å²) >= 11 is 0. The summed E-state index contributed by atoms with van der Waals surface area (Å²) in [5, 5.41) is 1.86. The van der Waals surface area contributed by atoms with Gasteiger partial charge < -0.3 is 4.42 Å². The molecule has 0 saturated carbocycles. The van der Waals surface area contributed by atoms with Gasteiger partial charge >= 0.3 is 0 Å². The van der Waals surface area contributed by atoms with Gasteiger partial charge in [-0.25, -0.2) is 19.9 Å². The van der Waals surface area contributed by atoms with E-state index in [0.717, 1.165) is 89.0 Å². The Labute approximate surface area is 334 Å². The zero-order chi connectivity index (χ0) is 38.4. The lowest BCUT2D eigenvalue weighted by molar-refractivity contribution is 0.669. The predicted molar refractivity (Wildman–Crippen MR) is 234 cm³/mol. The highest BCUT2D eigenvalue weighted by atomic mass is 16.3. The molecule has 0 bridgehead atoms. The molecule has 3 heterocycles. The van der Waals surface area contributed by atoms with Crippen molar-refractivity contribution in [1.29, 1.82) is 0 Å². The first-order valence-corrected chi connectivity index (χ1v) is 19.3. The standard InChI is InChI=1S/C52H33N5O/c1-5-17-34(18-6-1)37-31-38(35-19-7-2-8-20-35)33-39(32-37)50-54-49(36-21-9-3-10-22-36)55-51(56-50)41-25-15-29-45-47(41)48-42(26-16-30-46(48)58-45)52-53-43-27-13-14-28-44(43)57(52)40-23-11-4-12-24-40/h1-33H. The number of hydrogen-bond acceptors (Lipinski definition) is 5. The maximum absolute atomic E-state index is 6.65. The van der Waals surface area contributed by atoms with E-state index in [1.807, 2.05) is 78.9 Å². The van der Waals surface area contributed by atoms with Crippen molar-refractivity contribution in [3.8, 4) is 73.5 Å². The number of rotatable bonds is 7. The van der Waals surface area contributed by atoms with E-state index < -0.39 is 0 Å². The maximum Gasteiger partial charge on any atom is 0.164 e. The lowest BCUT2D eigenvalue weighted by atomic mass is 9.95. The van der Waals surface area contributed by atoms with Gasteiger partial charge in [-0.05, 0) is 76.9 Å². The van der Waals surface area contributed by atoms with Gasteiger partial charge in [0, 0.05) is 38.7 Å². The smallest absolute Gasteiger partial charge is 0.164 e. The minimum atomic E-state index is 0.551. The summed E-state index contributed by atoms with van der Waals surface area (Å²) in [5.74, 6) is 2.54. The number of aromatic nitrogens is 5. The normalized spacial score (nSPS) is 11.4. The topological polar surface area (TPSA) is 69.6 Å². The molecule has 0 spiro atoms. The van der Waals surface area contributed by atoms with Crippen LogP contribution in [-0.2, 0) is 0 Å². The van der Waals surface area contributed by atoms with Crippen LogP contribution in [0.25, 0.3) is 106 Å². The Morgan fingerprint density at radius 1 is 0.345 bits per heavy atom. The highest BCUT2D eigenvalue weighted by Gasteiger charge is 2.23. The second-order valence-electron chi connectivity index (χ2n) is 14.3. The number of imidazole rings is 1. The first kappa shape index (κ1) is 33.4. The van der Waals surface area contributed by atoms with E-state index >= 15 is 0 Å². The molecule has 0 aliphatic carbocycles. The van der Waals surface area contributed by atoms with Crippen molar-refractivity contribution in [2.24, 2.45) is 0 Å².